The third-order valence-electron chi connectivity index (χ3n) is 2.54. The Hall–Kier alpha value is -1.11. The zero-order valence-corrected chi connectivity index (χ0v) is 12.6. The minimum atomic E-state index is -0.531. The first-order valence-electron chi connectivity index (χ1n) is 5.28. The summed E-state index contributed by atoms with van der Waals surface area (Å²) in [5.41, 5.74) is 0.925. The van der Waals surface area contributed by atoms with Gasteiger partial charge in [-0.1, -0.05) is 29.3 Å². The number of imidazole rings is 1. The fraction of sp³-hybridized carbons (Fsp3) is 0.182. The van der Waals surface area contributed by atoms with Crippen LogP contribution in [-0.2, 0) is 13.0 Å². The van der Waals surface area contributed by atoms with Crippen LogP contribution in [0.3, 0.4) is 0 Å². The summed E-state index contributed by atoms with van der Waals surface area (Å²) < 4.78 is 2.08. The predicted octanol–water partition coefficient (Wildman–Crippen LogP) is 4.10. The number of aromatic nitrogens is 2. The van der Waals surface area contributed by atoms with Crippen molar-refractivity contribution in [3.05, 3.63) is 54.9 Å². The van der Waals surface area contributed by atoms with E-state index in [1.807, 2.05) is 6.07 Å². The maximum absolute atomic E-state index is 10.6. The van der Waals surface area contributed by atoms with Gasteiger partial charge in [0, 0.05) is 32.5 Å². The molecule has 0 saturated heterocycles. The molecule has 0 aliphatic heterocycles. The third kappa shape index (κ3) is 3.46. The smallest absolute Gasteiger partial charge is 0.358 e. The summed E-state index contributed by atoms with van der Waals surface area (Å²) in [6.45, 7) is 0.531. The van der Waals surface area contributed by atoms with E-state index in [4.69, 9.17) is 23.2 Å². The van der Waals surface area contributed by atoms with Crippen molar-refractivity contribution < 1.29 is 4.92 Å². The van der Waals surface area contributed by atoms with Gasteiger partial charge in [0.2, 0.25) is 0 Å². The van der Waals surface area contributed by atoms with Gasteiger partial charge in [-0.3, -0.25) is 4.57 Å². The first-order valence-corrected chi connectivity index (χ1v) is 6.83. The molecule has 0 aliphatic rings. The molecule has 0 saturated carbocycles. The van der Waals surface area contributed by atoms with Crippen LogP contribution in [0.25, 0.3) is 0 Å². The fourth-order valence-corrected chi connectivity index (χ4v) is 2.55. The lowest BCUT2D eigenvalue weighted by molar-refractivity contribution is -0.389. The Balaban J connectivity index is 2.12. The summed E-state index contributed by atoms with van der Waals surface area (Å²) in [4.78, 5) is 13.9. The van der Waals surface area contributed by atoms with Crippen molar-refractivity contribution in [3.63, 3.8) is 0 Å². The lowest BCUT2D eigenvalue weighted by Gasteiger charge is -2.05. The summed E-state index contributed by atoms with van der Waals surface area (Å²) >= 11 is 15.1. The van der Waals surface area contributed by atoms with E-state index in [9.17, 15) is 10.1 Å². The Bertz CT molecular complexity index is 630. The highest BCUT2D eigenvalue weighted by atomic mass is 79.9. The lowest BCUT2D eigenvalue weighted by Crippen LogP contribution is -2.01. The Kier molecular flexibility index (Phi) is 4.44. The van der Waals surface area contributed by atoms with Gasteiger partial charge in [-0.2, -0.15) is 0 Å². The Labute approximate surface area is 127 Å². The van der Waals surface area contributed by atoms with Gasteiger partial charge in [0.25, 0.3) is 4.73 Å². The SMILES string of the molecule is O=[N+]([O-])c1cn(CCc2ccc(Cl)cc2Cl)c(Br)n1. The summed E-state index contributed by atoms with van der Waals surface area (Å²) in [5, 5.41) is 11.8. The van der Waals surface area contributed by atoms with Gasteiger partial charge in [-0.15, -0.1) is 0 Å². The van der Waals surface area contributed by atoms with Gasteiger partial charge in [-0.25, -0.2) is 0 Å². The van der Waals surface area contributed by atoms with Crippen molar-refractivity contribution in [3.8, 4) is 0 Å². The largest absolute Gasteiger partial charge is 0.382 e. The number of halogens is 3. The molecule has 0 fully saturated rings. The zero-order chi connectivity index (χ0) is 14.0. The molecule has 0 amide bonds. The van der Waals surface area contributed by atoms with Crippen LogP contribution in [0, 0.1) is 10.1 Å². The van der Waals surface area contributed by atoms with Gasteiger partial charge >= 0.3 is 5.82 Å². The van der Waals surface area contributed by atoms with Gasteiger partial charge in [0.1, 0.15) is 6.20 Å². The van der Waals surface area contributed by atoms with E-state index in [0.29, 0.717) is 27.7 Å². The number of hydrogen-bond acceptors (Lipinski definition) is 3. The molecule has 1 heterocycles. The van der Waals surface area contributed by atoms with E-state index in [1.54, 1.807) is 16.7 Å². The predicted molar refractivity (Wildman–Crippen MR) is 76.7 cm³/mol. The van der Waals surface area contributed by atoms with Crippen molar-refractivity contribution >= 4 is 44.9 Å². The average molecular weight is 365 g/mol. The van der Waals surface area contributed by atoms with Crippen LogP contribution >= 0.6 is 39.1 Å². The average Bonchev–Trinajstić information content (AvgIpc) is 2.70. The first kappa shape index (κ1) is 14.3. The molecular formula is C11H8BrCl2N3O2. The van der Waals surface area contributed by atoms with Crippen LogP contribution in [0.1, 0.15) is 5.56 Å². The topological polar surface area (TPSA) is 61.0 Å². The summed E-state index contributed by atoms with van der Waals surface area (Å²) in [6, 6.07) is 5.27. The number of nitrogens with zero attached hydrogens (tertiary/aromatic N) is 3. The third-order valence-corrected chi connectivity index (χ3v) is 3.76. The molecule has 1 aromatic carbocycles. The molecule has 0 spiro atoms. The number of nitro groups is 1. The van der Waals surface area contributed by atoms with Gasteiger partial charge < -0.3 is 10.1 Å². The van der Waals surface area contributed by atoms with E-state index in [-0.39, 0.29) is 5.82 Å². The second-order valence-electron chi connectivity index (χ2n) is 3.80. The zero-order valence-electron chi connectivity index (χ0n) is 9.52. The normalized spacial score (nSPS) is 10.7. The molecule has 0 radical (unpaired) electrons. The lowest BCUT2D eigenvalue weighted by atomic mass is 10.1. The molecule has 0 aliphatic carbocycles. The fourth-order valence-electron chi connectivity index (χ4n) is 1.59. The molecule has 0 unspecified atom stereocenters. The molecule has 2 aromatic rings. The van der Waals surface area contributed by atoms with Crippen molar-refractivity contribution in [2.45, 2.75) is 13.0 Å². The molecule has 100 valence electrons. The highest BCUT2D eigenvalue weighted by molar-refractivity contribution is 9.10. The first-order chi connectivity index (χ1) is 8.97. The second kappa shape index (κ2) is 5.90. The van der Waals surface area contributed by atoms with E-state index < -0.39 is 4.92 Å². The minimum Gasteiger partial charge on any atom is -0.358 e. The molecule has 2 rings (SSSR count). The van der Waals surface area contributed by atoms with Crippen LogP contribution in [0.2, 0.25) is 10.0 Å². The van der Waals surface area contributed by atoms with E-state index in [1.165, 1.54) is 6.20 Å². The van der Waals surface area contributed by atoms with Crippen LogP contribution in [0.4, 0.5) is 5.82 Å². The van der Waals surface area contributed by atoms with Crippen LogP contribution in [0.5, 0.6) is 0 Å². The molecule has 19 heavy (non-hydrogen) atoms. The molecule has 1 aromatic heterocycles. The minimum absolute atomic E-state index is 0.186. The maximum atomic E-state index is 10.6. The maximum Gasteiger partial charge on any atom is 0.382 e. The van der Waals surface area contributed by atoms with E-state index >= 15 is 0 Å². The number of benzene rings is 1. The van der Waals surface area contributed by atoms with Crippen LogP contribution < -0.4 is 0 Å². The Morgan fingerprint density at radius 1 is 1.42 bits per heavy atom. The van der Waals surface area contributed by atoms with Crippen LogP contribution in [0.15, 0.2) is 29.1 Å². The highest BCUT2D eigenvalue weighted by Crippen LogP contribution is 2.23. The Morgan fingerprint density at radius 3 is 2.74 bits per heavy atom. The molecule has 8 heteroatoms. The number of rotatable bonds is 4. The van der Waals surface area contributed by atoms with Crippen LogP contribution in [-0.4, -0.2) is 14.5 Å². The molecule has 5 nitrogen and oxygen atoms in total. The van der Waals surface area contributed by atoms with Crippen molar-refractivity contribution in [2.24, 2.45) is 0 Å². The summed E-state index contributed by atoms with van der Waals surface area (Å²) in [7, 11) is 0. The van der Waals surface area contributed by atoms with Gasteiger partial charge in [0.15, 0.2) is 0 Å². The van der Waals surface area contributed by atoms with Crippen molar-refractivity contribution in [2.75, 3.05) is 0 Å². The number of hydrogen-bond donors (Lipinski definition) is 0. The highest BCUT2D eigenvalue weighted by Gasteiger charge is 2.16. The Morgan fingerprint density at radius 2 is 2.16 bits per heavy atom. The standard InChI is InChI=1S/C11H8BrCl2N3O2/c12-11-15-10(17(18)19)6-16(11)4-3-7-1-2-8(13)5-9(7)14/h1-2,5-6H,3-4H2. The monoisotopic (exact) mass is 363 g/mol. The number of aryl methyl sites for hydroxylation is 2. The summed E-state index contributed by atoms with van der Waals surface area (Å²) in [6.07, 6.45) is 2.01. The van der Waals surface area contributed by atoms with Crippen molar-refractivity contribution in [1.29, 1.82) is 0 Å². The van der Waals surface area contributed by atoms with Gasteiger partial charge in [0.05, 0.1) is 0 Å². The second-order valence-corrected chi connectivity index (χ2v) is 5.36. The molecule has 0 N–H and O–H groups in total. The van der Waals surface area contributed by atoms with Crippen molar-refractivity contribution in [1.82, 2.24) is 9.55 Å². The summed E-state index contributed by atoms with van der Waals surface area (Å²) in [5.74, 6) is -0.186. The van der Waals surface area contributed by atoms with Gasteiger partial charge in [-0.05, 0) is 34.0 Å². The molecule has 0 atom stereocenters. The molecular weight excluding hydrogens is 357 g/mol. The quantitative estimate of drug-likeness (QED) is 0.606. The van der Waals surface area contributed by atoms with E-state index in [0.717, 1.165) is 5.56 Å². The van der Waals surface area contributed by atoms with E-state index in [2.05, 4.69) is 20.9 Å². The molecule has 0 bridgehead atoms.